The van der Waals surface area contributed by atoms with E-state index in [4.69, 9.17) is 19.4 Å². The first-order valence-electron chi connectivity index (χ1n) is 21.5. The molecule has 4 heterocycles. The molecule has 66 heavy (non-hydrogen) atoms. The first-order valence-corrected chi connectivity index (χ1v) is 21.5. The molecule has 2 aliphatic carbocycles. The Balaban J connectivity index is 0.000000166. The second-order valence-corrected chi connectivity index (χ2v) is 15.8. The fourth-order valence-corrected chi connectivity index (χ4v) is 8.68. The summed E-state index contributed by atoms with van der Waals surface area (Å²) in [6.45, 7) is 3.77. The maximum Gasteiger partial charge on any atom is 0.229 e. The van der Waals surface area contributed by atoms with Crippen molar-refractivity contribution in [2.24, 2.45) is 0 Å². The van der Waals surface area contributed by atoms with Crippen molar-refractivity contribution in [2.75, 3.05) is 49.6 Å². The van der Waals surface area contributed by atoms with Crippen LogP contribution in [0.2, 0.25) is 0 Å². The van der Waals surface area contributed by atoms with E-state index in [-0.39, 0.29) is 23.5 Å². The van der Waals surface area contributed by atoms with Crippen LogP contribution in [-0.4, -0.2) is 77.8 Å². The summed E-state index contributed by atoms with van der Waals surface area (Å²) in [7, 11) is 6.95. The maximum atomic E-state index is 13.4. The zero-order valence-electron chi connectivity index (χ0n) is 37.3. The van der Waals surface area contributed by atoms with Crippen molar-refractivity contribution >= 4 is 34.9 Å². The van der Waals surface area contributed by atoms with Crippen molar-refractivity contribution in [3.05, 3.63) is 155 Å². The monoisotopic (exact) mass is 890 g/mol. The first-order chi connectivity index (χ1) is 32.1. The third-order valence-corrected chi connectivity index (χ3v) is 11.9. The third kappa shape index (κ3) is 8.64. The van der Waals surface area contributed by atoms with Gasteiger partial charge in [0, 0.05) is 60.6 Å². The van der Waals surface area contributed by atoms with Gasteiger partial charge in [-0.25, -0.2) is 38.1 Å². The van der Waals surface area contributed by atoms with Gasteiger partial charge in [0.2, 0.25) is 11.9 Å². The van der Waals surface area contributed by atoms with E-state index in [2.05, 4.69) is 51.4 Å². The van der Waals surface area contributed by atoms with Gasteiger partial charge in [-0.05, 0) is 99.2 Å². The summed E-state index contributed by atoms with van der Waals surface area (Å²) in [5.41, 5.74) is 9.39. The number of fused-ring (bicyclic) bond motifs is 2. The predicted octanol–water partition coefficient (Wildman–Crippen LogP) is 8.75. The molecular formula is C48H48F2N14O2. The summed E-state index contributed by atoms with van der Waals surface area (Å²) >= 11 is 0. The molecule has 18 heteroatoms. The number of hydrogen-bond acceptors (Lipinski definition) is 14. The lowest BCUT2D eigenvalue weighted by atomic mass is 9.97. The van der Waals surface area contributed by atoms with E-state index < -0.39 is 0 Å². The summed E-state index contributed by atoms with van der Waals surface area (Å²) in [6.07, 6.45) is 6.58. The van der Waals surface area contributed by atoms with Gasteiger partial charge >= 0.3 is 0 Å². The van der Waals surface area contributed by atoms with Crippen molar-refractivity contribution in [1.82, 2.24) is 49.5 Å². The fraction of sp³-hybridized carbons (Fsp3) is 0.250. The molecule has 4 N–H and O–H groups in total. The van der Waals surface area contributed by atoms with Gasteiger partial charge in [0.25, 0.3) is 0 Å². The van der Waals surface area contributed by atoms with Crippen molar-refractivity contribution in [3.8, 4) is 22.9 Å². The molecule has 16 nitrogen and oxygen atoms in total. The molecule has 8 aromatic rings. The highest BCUT2D eigenvalue weighted by molar-refractivity contribution is 5.66. The number of nitrogens with one attached hydrogen (secondary N) is 4. The number of aryl methyl sites for hydroxylation is 2. The Kier molecular flexibility index (Phi) is 12.2. The van der Waals surface area contributed by atoms with E-state index in [9.17, 15) is 8.78 Å². The average molecular weight is 891 g/mol. The minimum absolute atomic E-state index is 0.100. The van der Waals surface area contributed by atoms with Crippen LogP contribution >= 0.6 is 0 Å². The highest BCUT2D eigenvalue weighted by Crippen LogP contribution is 2.42. The minimum Gasteiger partial charge on any atom is -0.494 e. The lowest BCUT2D eigenvalue weighted by Crippen LogP contribution is -2.08. The average Bonchev–Trinajstić information content (AvgIpc) is 4.17. The highest BCUT2D eigenvalue weighted by Gasteiger charge is 2.31. The number of aromatic nitrogens is 10. The lowest BCUT2D eigenvalue weighted by molar-refractivity contribution is 0.411. The Labute approximate surface area is 379 Å². The van der Waals surface area contributed by atoms with Crippen LogP contribution < -0.4 is 30.7 Å². The summed E-state index contributed by atoms with van der Waals surface area (Å²) in [5, 5.41) is 21.5. The zero-order valence-corrected chi connectivity index (χ0v) is 37.3. The normalized spacial score (nSPS) is 14.7. The van der Waals surface area contributed by atoms with E-state index >= 15 is 0 Å². The van der Waals surface area contributed by atoms with E-state index in [1.807, 2.05) is 88.6 Å². The van der Waals surface area contributed by atoms with E-state index in [0.29, 0.717) is 23.4 Å². The Bertz CT molecular complexity index is 2810. The standard InChI is InChI=1S/2C24H24FN7O/c2*1-14-27-13-28-32(14)20-11-8-17(12-21(20)33-3)29-24-30-22-18(15-4-6-16(25)7-5-15)9-10-19(22)23(26-2)31-24/h2*4-8,11-13,18H,9-10H2,1-3H3,(H2,26,29,30,31)/t2*18-/m10/s1. The van der Waals surface area contributed by atoms with Crippen LogP contribution in [0.1, 0.15) is 70.0 Å². The molecule has 0 spiro atoms. The lowest BCUT2D eigenvalue weighted by Gasteiger charge is -2.16. The molecule has 4 aromatic heterocycles. The number of nitrogens with zero attached hydrogens (tertiary/aromatic N) is 10. The zero-order chi connectivity index (χ0) is 45.9. The van der Waals surface area contributed by atoms with Crippen LogP contribution in [0.25, 0.3) is 11.4 Å². The number of methoxy groups -OCH3 is 2. The van der Waals surface area contributed by atoms with Gasteiger partial charge in [-0.3, -0.25) is 0 Å². The number of benzene rings is 4. The molecule has 2 atom stereocenters. The van der Waals surface area contributed by atoms with Gasteiger partial charge in [0.05, 0.1) is 25.6 Å². The van der Waals surface area contributed by atoms with Gasteiger partial charge in [-0.2, -0.15) is 20.2 Å². The van der Waals surface area contributed by atoms with Gasteiger partial charge in [0.15, 0.2) is 0 Å². The Morgan fingerprint density at radius 1 is 0.561 bits per heavy atom. The van der Waals surface area contributed by atoms with Gasteiger partial charge < -0.3 is 30.7 Å². The topological polar surface area (TPSA) is 180 Å². The van der Waals surface area contributed by atoms with E-state index in [1.54, 1.807) is 23.6 Å². The van der Waals surface area contributed by atoms with Crippen molar-refractivity contribution in [3.63, 3.8) is 0 Å². The van der Waals surface area contributed by atoms with Crippen molar-refractivity contribution in [2.45, 2.75) is 51.4 Å². The molecule has 0 radical (unpaired) electrons. The second-order valence-electron chi connectivity index (χ2n) is 15.8. The second kappa shape index (κ2) is 18.6. The molecule has 336 valence electrons. The van der Waals surface area contributed by atoms with Gasteiger partial charge in [-0.1, -0.05) is 24.3 Å². The van der Waals surface area contributed by atoms with E-state index in [0.717, 1.165) is 105 Å². The van der Waals surface area contributed by atoms with Crippen LogP contribution in [0.5, 0.6) is 11.5 Å². The molecule has 0 amide bonds. The number of rotatable bonds is 12. The minimum atomic E-state index is -0.239. The summed E-state index contributed by atoms with van der Waals surface area (Å²) in [5.74, 6) is 5.11. The van der Waals surface area contributed by atoms with Crippen LogP contribution in [-0.2, 0) is 12.8 Å². The fourth-order valence-electron chi connectivity index (χ4n) is 8.68. The molecule has 0 saturated heterocycles. The Morgan fingerprint density at radius 3 is 1.32 bits per heavy atom. The highest BCUT2D eigenvalue weighted by atomic mass is 19.1. The Morgan fingerprint density at radius 2 is 0.970 bits per heavy atom. The molecule has 0 aliphatic heterocycles. The van der Waals surface area contributed by atoms with Crippen LogP contribution in [0, 0.1) is 25.5 Å². The predicted molar refractivity (Wildman–Crippen MR) is 248 cm³/mol. The number of anilines is 6. The van der Waals surface area contributed by atoms with Crippen LogP contribution in [0.15, 0.2) is 97.6 Å². The molecule has 0 saturated carbocycles. The molecule has 0 fully saturated rings. The van der Waals surface area contributed by atoms with E-state index in [1.165, 1.54) is 36.9 Å². The molecule has 0 bridgehead atoms. The maximum absolute atomic E-state index is 13.4. The van der Waals surface area contributed by atoms with Crippen molar-refractivity contribution < 1.29 is 18.3 Å². The van der Waals surface area contributed by atoms with Crippen LogP contribution in [0.3, 0.4) is 0 Å². The first kappa shape index (κ1) is 43.2. The molecule has 10 rings (SSSR count). The smallest absolute Gasteiger partial charge is 0.229 e. The van der Waals surface area contributed by atoms with Gasteiger partial charge in [-0.15, -0.1) is 0 Å². The SMILES string of the molecule is CNc1nc(Nc2ccc(-n3ncnc3C)c(OC)c2)nc2c1CC[C@@H]2c1ccc(F)cc1.CNc1nc(Nc2ccc(-n3ncnc3C)c(OC)c2)nc2c1CC[C@H]2c1ccc(F)cc1. The number of hydrogen-bond donors (Lipinski definition) is 4. The van der Waals surface area contributed by atoms with Gasteiger partial charge in [0.1, 0.15) is 70.4 Å². The molecule has 0 unspecified atom stereocenters. The third-order valence-electron chi connectivity index (χ3n) is 11.9. The molecular weight excluding hydrogens is 843 g/mol. The summed E-state index contributed by atoms with van der Waals surface area (Å²) in [4.78, 5) is 27.4. The van der Waals surface area contributed by atoms with Crippen LogP contribution in [0.4, 0.5) is 43.7 Å². The Hall–Kier alpha value is -8.02. The largest absolute Gasteiger partial charge is 0.494 e. The quantitative estimate of drug-likeness (QED) is 0.0915. The summed E-state index contributed by atoms with van der Waals surface area (Å²) < 4.78 is 41.5. The number of ether oxygens (including phenoxy) is 2. The molecule has 2 aliphatic rings. The van der Waals surface area contributed by atoms with Crippen molar-refractivity contribution in [1.29, 1.82) is 0 Å². The molecule has 4 aromatic carbocycles. The summed E-state index contributed by atoms with van der Waals surface area (Å²) in [6, 6.07) is 24.7. The number of halogens is 2.